The second-order valence-corrected chi connectivity index (χ2v) is 8.49. The van der Waals surface area contributed by atoms with Gasteiger partial charge in [-0.1, -0.05) is 12.1 Å². The highest BCUT2D eigenvalue weighted by Gasteiger charge is 2.17. The van der Waals surface area contributed by atoms with E-state index in [0.717, 1.165) is 25.2 Å². The Morgan fingerprint density at radius 1 is 1.26 bits per heavy atom. The average molecular weight is 450 g/mol. The van der Waals surface area contributed by atoms with Crippen molar-refractivity contribution in [3.63, 3.8) is 0 Å². The summed E-state index contributed by atoms with van der Waals surface area (Å²) in [6, 6.07) is 10.4. The molecule has 1 saturated heterocycles. The predicted octanol–water partition coefficient (Wildman–Crippen LogP) is 4.47. The third-order valence-electron chi connectivity index (χ3n) is 4.45. The highest BCUT2D eigenvalue weighted by molar-refractivity contribution is 9.10. The Labute approximate surface area is 170 Å². The highest BCUT2D eigenvalue weighted by Crippen LogP contribution is 2.26. The summed E-state index contributed by atoms with van der Waals surface area (Å²) >= 11 is 5.12. The van der Waals surface area contributed by atoms with Gasteiger partial charge in [0.2, 0.25) is 0 Å². The van der Waals surface area contributed by atoms with E-state index in [1.807, 2.05) is 30.8 Å². The minimum Gasteiger partial charge on any atom is -0.322 e. The molecule has 1 amide bonds. The molecule has 1 heterocycles. The summed E-state index contributed by atoms with van der Waals surface area (Å²) in [7, 11) is 0. The molecular formula is C19H20BrN3O3S. The summed E-state index contributed by atoms with van der Waals surface area (Å²) in [5, 5.41) is 13.9. The van der Waals surface area contributed by atoms with Crippen molar-refractivity contribution in [3.05, 3.63) is 67.7 Å². The number of carbonyl (C=O) groups excluding carboxylic acids is 1. The molecule has 2 aromatic carbocycles. The Bertz CT molecular complexity index is 869. The first-order valence-corrected chi connectivity index (χ1v) is 10.5. The van der Waals surface area contributed by atoms with Gasteiger partial charge < -0.3 is 5.32 Å². The SMILES string of the molecule is Cc1cc(CN2CCSCC2)ccc1NC(=O)c1ccc(Br)c([N+](=O)[O-])c1. The van der Waals surface area contributed by atoms with E-state index in [4.69, 9.17) is 0 Å². The maximum atomic E-state index is 12.5. The summed E-state index contributed by atoms with van der Waals surface area (Å²) in [5.74, 6) is 1.98. The Kier molecular flexibility index (Phi) is 6.51. The van der Waals surface area contributed by atoms with Crippen molar-refractivity contribution in [1.29, 1.82) is 0 Å². The lowest BCUT2D eigenvalue weighted by atomic mass is 10.1. The number of nitrogens with zero attached hydrogens (tertiary/aromatic N) is 2. The summed E-state index contributed by atoms with van der Waals surface area (Å²) in [4.78, 5) is 25.5. The van der Waals surface area contributed by atoms with E-state index in [1.165, 1.54) is 29.2 Å². The molecule has 2 aromatic rings. The first-order chi connectivity index (χ1) is 12.9. The lowest BCUT2D eigenvalue weighted by molar-refractivity contribution is -0.385. The number of amides is 1. The summed E-state index contributed by atoms with van der Waals surface area (Å²) in [6.07, 6.45) is 0. The van der Waals surface area contributed by atoms with Crippen LogP contribution in [0.5, 0.6) is 0 Å². The topological polar surface area (TPSA) is 75.5 Å². The van der Waals surface area contributed by atoms with Crippen LogP contribution in [0.4, 0.5) is 11.4 Å². The van der Waals surface area contributed by atoms with Crippen LogP contribution in [0, 0.1) is 17.0 Å². The molecule has 142 valence electrons. The fourth-order valence-corrected chi connectivity index (χ4v) is 4.34. The lowest BCUT2D eigenvalue weighted by Gasteiger charge is -2.26. The van der Waals surface area contributed by atoms with Gasteiger partial charge in [0.05, 0.1) is 9.40 Å². The Morgan fingerprint density at radius 3 is 2.67 bits per heavy atom. The molecule has 3 rings (SSSR count). The molecule has 0 atom stereocenters. The number of anilines is 1. The van der Waals surface area contributed by atoms with E-state index < -0.39 is 4.92 Å². The van der Waals surface area contributed by atoms with Crippen LogP contribution in [0.25, 0.3) is 0 Å². The van der Waals surface area contributed by atoms with Crippen molar-refractivity contribution in [1.82, 2.24) is 4.90 Å². The maximum Gasteiger partial charge on any atom is 0.284 e. The van der Waals surface area contributed by atoms with Gasteiger partial charge in [-0.3, -0.25) is 19.8 Å². The predicted molar refractivity (Wildman–Crippen MR) is 113 cm³/mol. The van der Waals surface area contributed by atoms with Crippen molar-refractivity contribution in [3.8, 4) is 0 Å². The number of aryl methyl sites for hydroxylation is 1. The normalized spacial score (nSPS) is 14.7. The molecule has 0 aromatic heterocycles. The van der Waals surface area contributed by atoms with Gasteiger partial charge in [0.15, 0.2) is 0 Å². The molecule has 0 aliphatic carbocycles. The van der Waals surface area contributed by atoms with Crippen LogP contribution in [0.2, 0.25) is 0 Å². The van der Waals surface area contributed by atoms with Crippen molar-refractivity contribution in [2.24, 2.45) is 0 Å². The molecular weight excluding hydrogens is 430 g/mol. The molecule has 0 bridgehead atoms. The molecule has 27 heavy (non-hydrogen) atoms. The van der Waals surface area contributed by atoms with Gasteiger partial charge in [-0.05, 0) is 52.2 Å². The molecule has 1 N–H and O–H groups in total. The molecule has 0 unspecified atom stereocenters. The van der Waals surface area contributed by atoms with E-state index in [1.54, 1.807) is 6.07 Å². The third kappa shape index (κ3) is 5.09. The average Bonchev–Trinajstić information content (AvgIpc) is 2.65. The summed E-state index contributed by atoms with van der Waals surface area (Å²) in [5.41, 5.74) is 3.02. The summed E-state index contributed by atoms with van der Waals surface area (Å²) in [6.45, 7) is 5.07. The van der Waals surface area contributed by atoms with Gasteiger partial charge >= 0.3 is 0 Å². The van der Waals surface area contributed by atoms with Crippen LogP contribution in [0.1, 0.15) is 21.5 Å². The zero-order valence-corrected chi connectivity index (χ0v) is 17.3. The first kappa shape index (κ1) is 19.9. The number of hydrogen-bond acceptors (Lipinski definition) is 5. The fraction of sp³-hybridized carbons (Fsp3) is 0.316. The first-order valence-electron chi connectivity index (χ1n) is 8.59. The fourth-order valence-electron chi connectivity index (χ4n) is 2.97. The van der Waals surface area contributed by atoms with Crippen LogP contribution < -0.4 is 5.32 Å². The number of halogens is 1. The molecule has 0 radical (unpaired) electrons. The Balaban J connectivity index is 1.70. The molecule has 8 heteroatoms. The zero-order valence-electron chi connectivity index (χ0n) is 14.9. The van der Waals surface area contributed by atoms with Crippen molar-refractivity contribution < 1.29 is 9.72 Å². The monoisotopic (exact) mass is 449 g/mol. The minimum absolute atomic E-state index is 0.130. The Hall–Kier alpha value is -1.90. The summed E-state index contributed by atoms with van der Waals surface area (Å²) < 4.78 is 0.348. The van der Waals surface area contributed by atoms with Crippen molar-refractivity contribution in [2.45, 2.75) is 13.5 Å². The van der Waals surface area contributed by atoms with Crippen molar-refractivity contribution in [2.75, 3.05) is 29.9 Å². The number of nitro benzene ring substituents is 1. The Morgan fingerprint density at radius 2 is 2.00 bits per heavy atom. The van der Waals surface area contributed by atoms with E-state index in [-0.39, 0.29) is 17.2 Å². The molecule has 0 spiro atoms. The highest BCUT2D eigenvalue weighted by atomic mass is 79.9. The van der Waals surface area contributed by atoms with Gasteiger partial charge in [0.1, 0.15) is 0 Å². The van der Waals surface area contributed by atoms with Crippen LogP contribution in [0.15, 0.2) is 40.9 Å². The van der Waals surface area contributed by atoms with E-state index in [9.17, 15) is 14.9 Å². The van der Waals surface area contributed by atoms with Crippen LogP contribution in [0.3, 0.4) is 0 Å². The number of nitrogens with one attached hydrogen (secondary N) is 1. The number of thioether (sulfide) groups is 1. The van der Waals surface area contributed by atoms with Crippen LogP contribution >= 0.6 is 27.7 Å². The molecule has 1 aliphatic heterocycles. The van der Waals surface area contributed by atoms with E-state index in [0.29, 0.717) is 10.2 Å². The van der Waals surface area contributed by atoms with Crippen LogP contribution in [-0.2, 0) is 6.54 Å². The van der Waals surface area contributed by atoms with Gasteiger partial charge in [-0.15, -0.1) is 0 Å². The zero-order chi connectivity index (χ0) is 19.4. The van der Waals surface area contributed by atoms with Crippen molar-refractivity contribution >= 4 is 45.0 Å². The number of nitro groups is 1. The number of rotatable bonds is 5. The smallest absolute Gasteiger partial charge is 0.284 e. The number of hydrogen-bond donors (Lipinski definition) is 1. The van der Waals surface area contributed by atoms with Gasteiger partial charge in [0.25, 0.3) is 11.6 Å². The molecule has 1 fully saturated rings. The number of carbonyl (C=O) groups is 1. The van der Waals surface area contributed by atoms with E-state index in [2.05, 4.69) is 32.2 Å². The number of benzene rings is 2. The third-order valence-corrected chi connectivity index (χ3v) is 6.07. The quantitative estimate of drug-likeness (QED) is 0.538. The molecule has 6 nitrogen and oxygen atoms in total. The van der Waals surface area contributed by atoms with Crippen LogP contribution in [-0.4, -0.2) is 40.3 Å². The largest absolute Gasteiger partial charge is 0.322 e. The second kappa shape index (κ2) is 8.86. The molecule has 1 aliphatic rings. The molecule has 0 saturated carbocycles. The van der Waals surface area contributed by atoms with E-state index >= 15 is 0 Å². The van der Waals surface area contributed by atoms with Gasteiger partial charge in [0, 0.05) is 48.5 Å². The second-order valence-electron chi connectivity index (χ2n) is 6.42. The maximum absolute atomic E-state index is 12.5. The lowest BCUT2D eigenvalue weighted by Crippen LogP contribution is -2.31. The minimum atomic E-state index is -0.514. The van der Waals surface area contributed by atoms with Gasteiger partial charge in [-0.2, -0.15) is 11.8 Å². The standard InChI is InChI=1S/C19H20BrN3O3S/c1-13-10-14(12-22-6-8-27-9-7-22)2-5-17(13)21-19(24)15-3-4-16(20)18(11-15)23(25)26/h2-5,10-11H,6-9,12H2,1H3,(H,21,24). The van der Waals surface area contributed by atoms with Gasteiger partial charge in [-0.25, -0.2) is 0 Å².